The van der Waals surface area contributed by atoms with Gasteiger partial charge in [-0.05, 0) is 26.0 Å². The van der Waals surface area contributed by atoms with Gasteiger partial charge in [-0.25, -0.2) is 4.79 Å². The molecule has 0 saturated carbocycles. The fourth-order valence-electron chi connectivity index (χ4n) is 1.94. The predicted octanol–water partition coefficient (Wildman–Crippen LogP) is 2.32. The first-order chi connectivity index (χ1) is 10.5. The number of nitro benzene ring substituents is 1. The second-order valence-electron chi connectivity index (χ2n) is 4.37. The van der Waals surface area contributed by atoms with Crippen LogP contribution in [0.25, 0.3) is 6.08 Å². The third kappa shape index (κ3) is 2.90. The highest BCUT2D eigenvalue weighted by Crippen LogP contribution is 2.36. The Morgan fingerprint density at radius 1 is 1.41 bits per heavy atom. The van der Waals surface area contributed by atoms with Gasteiger partial charge >= 0.3 is 5.97 Å². The highest BCUT2D eigenvalue weighted by atomic mass is 16.7. The molecule has 1 aromatic carbocycles. The lowest BCUT2D eigenvalue weighted by Gasteiger charge is -2.10. The maximum absolute atomic E-state index is 11.6. The van der Waals surface area contributed by atoms with Crippen LogP contribution in [-0.2, 0) is 9.63 Å². The third-order valence-corrected chi connectivity index (χ3v) is 2.98. The number of oxime groups is 1. The number of carbonyl (C=O) groups excluding carboxylic acids is 1. The van der Waals surface area contributed by atoms with E-state index in [1.807, 2.05) is 0 Å². The van der Waals surface area contributed by atoms with E-state index in [1.165, 1.54) is 25.3 Å². The second kappa shape index (κ2) is 6.25. The number of benzene rings is 1. The second-order valence-corrected chi connectivity index (χ2v) is 4.37. The standard InChI is InChI=1S/C14H14N2O6/c1-4-21-13-7-11(16(18)19)9(6-12(13)20-3)5-10-8(2)15-22-14(10)17/h5-7H,4H2,1-3H3/b10-5-. The monoisotopic (exact) mass is 306 g/mol. The lowest BCUT2D eigenvalue weighted by Crippen LogP contribution is -2.03. The molecule has 0 N–H and O–H groups in total. The maximum atomic E-state index is 11.6. The number of methoxy groups -OCH3 is 1. The Balaban J connectivity index is 2.59. The van der Waals surface area contributed by atoms with E-state index in [2.05, 4.69) is 9.99 Å². The smallest absolute Gasteiger partial charge is 0.367 e. The summed E-state index contributed by atoms with van der Waals surface area (Å²) in [4.78, 5) is 26.8. The van der Waals surface area contributed by atoms with E-state index in [4.69, 9.17) is 9.47 Å². The summed E-state index contributed by atoms with van der Waals surface area (Å²) < 4.78 is 10.5. The zero-order valence-electron chi connectivity index (χ0n) is 12.3. The zero-order chi connectivity index (χ0) is 16.3. The molecule has 0 atom stereocenters. The lowest BCUT2D eigenvalue weighted by molar-refractivity contribution is -0.385. The first-order valence-electron chi connectivity index (χ1n) is 6.45. The minimum absolute atomic E-state index is 0.161. The molecule has 2 rings (SSSR count). The number of ether oxygens (including phenoxy) is 2. The van der Waals surface area contributed by atoms with E-state index >= 15 is 0 Å². The summed E-state index contributed by atoms with van der Waals surface area (Å²) in [5, 5.41) is 14.8. The summed E-state index contributed by atoms with van der Waals surface area (Å²) in [6.45, 7) is 3.68. The number of nitrogens with zero attached hydrogens (tertiary/aromatic N) is 2. The van der Waals surface area contributed by atoms with Gasteiger partial charge in [0.05, 0.1) is 41.6 Å². The van der Waals surface area contributed by atoms with Crippen molar-refractivity contribution in [2.24, 2.45) is 5.16 Å². The van der Waals surface area contributed by atoms with Crippen LogP contribution in [-0.4, -0.2) is 30.3 Å². The Kier molecular flexibility index (Phi) is 4.40. The SMILES string of the molecule is CCOc1cc([N+](=O)[O-])c(/C=C2\C(=O)ON=C2C)cc1OC. The first kappa shape index (κ1) is 15.5. The molecule has 1 aliphatic heterocycles. The Hall–Kier alpha value is -2.90. The third-order valence-electron chi connectivity index (χ3n) is 2.98. The van der Waals surface area contributed by atoms with E-state index in [0.29, 0.717) is 18.1 Å². The molecule has 1 aliphatic rings. The summed E-state index contributed by atoms with van der Waals surface area (Å²) in [6.07, 6.45) is 1.35. The molecule has 1 aromatic rings. The molecule has 1 heterocycles. The largest absolute Gasteiger partial charge is 0.493 e. The number of carbonyl (C=O) groups is 1. The first-order valence-corrected chi connectivity index (χ1v) is 6.45. The molecule has 0 aliphatic carbocycles. The van der Waals surface area contributed by atoms with Gasteiger partial charge in [0, 0.05) is 0 Å². The van der Waals surface area contributed by atoms with Crippen LogP contribution in [0.5, 0.6) is 11.5 Å². The van der Waals surface area contributed by atoms with E-state index in [9.17, 15) is 14.9 Å². The molecule has 0 unspecified atom stereocenters. The van der Waals surface area contributed by atoms with Gasteiger partial charge < -0.3 is 14.3 Å². The van der Waals surface area contributed by atoms with Crippen molar-refractivity contribution in [1.29, 1.82) is 0 Å². The van der Waals surface area contributed by atoms with Gasteiger partial charge in [-0.1, -0.05) is 5.16 Å². The topological polar surface area (TPSA) is 100 Å². The average molecular weight is 306 g/mol. The van der Waals surface area contributed by atoms with E-state index < -0.39 is 10.9 Å². The van der Waals surface area contributed by atoms with Crippen molar-refractivity contribution in [3.8, 4) is 11.5 Å². The summed E-state index contributed by atoms with van der Waals surface area (Å²) >= 11 is 0. The molecule has 0 amide bonds. The van der Waals surface area contributed by atoms with Crippen LogP contribution in [0.2, 0.25) is 0 Å². The molecule has 0 spiro atoms. The van der Waals surface area contributed by atoms with Crippen LogP contribution in [0.4, 0.5) is 5.69 Å². The quantitative estimate of drug-likeness (QED) is 0.358. The van der Waals surface area contributed by atoms with Gasteiger partial charge in [0.2, 0.25) is 0 Å². The van der Waals surface area contributed by atoms with Gasteiger partial charge in [-0.3, -0.25) is 10.1 Å². The Labute approximate surface area is 126 Å². The summed E-state index contributed by atoms with van der Waals surface area (Å²) in [5.74, 6) is -0.0573. The molecule has 0 aromatic heterocycles. The predicted molar refractivity (Wildman–Crippen MR) is 78.0 cm³/mol. The molecular formula is C14H14N2O6. The van der Waals surface area contributed by atoms with Crippen molar-refractivity contribution < 1.29 is 24.0 Å². The highest BCUT2D eigenvalue weighted by Gasteiger charge is 2.25. The molecule has 0 fully saturated rings. The molecule has 8 heteroatoms. The van der Waals surface area contributed by atoms with Crippen molar-refractivity contribution in [3.05, 3.63) is 33.4 Å². The highest BCUT2D eigenvalue weighted by molar-refractivity contribution is 6.24. The van der Waals surface area contributed by atoms with Crippen molar-refractivity contribution in [3.63, 3.8) is 0 Å². The van der Waals surface area contributed by atoms with Crippen LogP contribution >= 0.6 is 0 Å². The molecule has 0 saturated heterocycles. The minimum Gasteiger partial charge on any atom is -0.493 e. The van der Waals surface area contributed by atoms with Crippen LogP contribution in [0.3, 0.4) is 0 Å². The van der Waals surface area contributed by atoms with Crippen molar-refractivity contribution in [2.75, 3.05) is 13.7 Å². The van der Waals surface area contributed by atoms with Crippen molar-refractivity contribution in [2.45, 2.75) is 13.8 Å². The van der Waals surface area contributed by atoms with Crippen LogP contribution < -0.4 is 9.47 Å². The van der Waals surface area contributed by atoms with Gasteiger partial charge in [0.25, 0.3) is 5.69 Å². The zero-order valence-corrected chi connectivity index (χ0v) is 12.3. The molecule has 116 valence electrons. The van der Waals surface area contributed by atoms with Gasteiger partial charge in [-0.2, -0.15) is 0 Å². The Morgan fingerprint density at radius 2 is 2.14 bits per heavy atom. The Bertz CT molecular complexity index is 693. The Morgan fingerprint density at radius 3 is 2.64 bits per heavy atom. The fraction of sp³-hybridized carbons (Fsp3) is 0.286. The van der Waals surface area contributed by atoms with E-state index in [0.717, 1.165) is 0 Å². The van der Waals surface area contributed by atoms with Gasteiger partial charge in [-0.15, -0.1) is 0 Å². The number of hydrogen-bond donors (Lipinski definition) is 0. The molecule has 8 nitrogen and oxygen atoms in total. The lowest BCUT2D eigenvalue weighted by atomic mass is 10.1. The van der Waals surface area contributed by atoms with E-state index in [1.54, 1.807) is 13.8 Å². The van der Waals surface area contributed by atoms with Crippen LogP contribution in [0, 0.1) is 10.1 Å². The number of nitro groups is 1. The summed E-state index contributed by atoms with van der Waals surface area (Å²) in [5.41, 5.74) is 0.513. The number of hydrogen-bond acceptors (Lipinski definition) is 7. The van der Waals surface area contributed by atoms with Crippen molar-refractivity contribution in [1.82, 2.24) is 0 Å². The average Bonchev–Trinajstić information content (AvgIpc) is 2.80. The fourth-order valence-corrected chi connectivity index (χ4v) is 1.94. The summed E-state index contributed by atoms with van der Waals surface area (Å²) in [6, 6.07) is 2.70. The molecular weight excluding hydrogens is 292 g/mol. The van der Waals surface area contributed by atoms with E-state index in [-0.39, 0.29) is 22.6 Å². The minimum atomic E-state index is -0.653. The maximum Gasteiger partial charge on any atom is 0.367 e. The normalized spacial score (nSPS) is 15.5. The summed E-state index contributed by atoms with van der Waals surface area (Å²) in [7, 11) is 1.43. The van der Waals surface area contributed by atoms with Crippen molar-refractivity contribution >= 4 is 23.4 Å². The number of rotatable bonds is 5. The van der Waals surface area contributed by atoms with Gasteiger partial charge in [0.1, 0.15) is 0 Å². The molecule has 0 bridgehead atoms. The molecule has 0 radical (unpaired) electrons. The van der Waals surface area contributed by atoms with Crippen LogP contribution in [0.15, 0.2) is 22.9 Å². The van der Waals surface area contributed by atoms with Gasteiger partial charge in [0.15, 0.2) is 11.5 Å². The molecule has 22 heavy (non-hydrogen) atoms. The van der Waals surface area contributed by atoms with Crippen LogP contribution in [0.1, 0.15) is 19.4 Å².